The van der Waals surface area contributed by atoms with E-state index in [9.17, 15) is 22.8 Å². The van der Waals surface area contributed by atoms with Crippen LogP contribution in [-0.4, -0.2) is 18.4 Å². The van der Waals surface area contributed by atoms with Crippen molar-refractivity contribution in [2.45, 2.75) is 6.18 Å². The minimum Gasteiger partial charge on any atom is -0.484 e. The maximum atomic E-state index is 12.6. The van der Waals surface area contributed by atoms with Crippen molar-refractivity contribution in [1.82, 2.24) is 0 Å². The van der Waals surface area contributed by atoms with E-state index in [1.54, 1.807) is 5.38 Å². The van der Waals surface area contributed by atoms with Gasteiger partial charge in [0.15, 0.2) is 6.61 Å². The fourth-order valence-electron chi connectivity index (χ4n) is 1.67. The van der Waals surface area contributed by atoms with Gasteiger partial charge in [-0.05, 0) is 29.6 Å². The van der Waals surface area contributed by atoms with Gasteiger partial charge < -0.3 is 15.8 Å². The Balaban J connectivity index is 1.97. The molecular weight excluding hydrogens is 333 g/mol. The molecule has 2 aromatic rings. The van der Waals surface area contributed by atoms with E-state index in [2.05, 4.69) is 5.32 Å². The molecule has 1 aromatic heterocycles. The Labute approximate surface area is 132 Å². The van der Waals surface area contributed by atoms with Crippen molar-refractivity contribution in [3.05, 3.63) is 46.8 Å². The van der Waals surface area contributed by atoms with Crippen molar-refractivity contribution in [2.75, 3.05) is 11.9 Å². The van der Waals surface area contributed by atoms with Gasteiger partial charge >= 0.3 is 6.18 Å². The molecule has 3 N–H and O–H groups in total. The zero-order valence-corrected chi connectivity index (χ0v) is 12.3. The highest BCUT2D eigenvalue weighted by molar-refractivity contribution is 7.14. The SMILES string of the molecule is NC(=O)c1ccsc1NC(=O)COc1cccc(C(F)(F)F)c1. The van der Waals surface area contributed by atoms with Gasteiger partial charge in [-0.1, -0.05) is 6.07 Å². The van der Waals surface area contributed by atoms with E-state index in [1.807, 2.05) is 0 Å². The van der Waals surface area contributed by atoms with Gasteiger partial charge in [-0.2, -0.15) is 13.2 Å². The Hall–Kier alpha value is -2.55. The number of hydrogen-bond donors (Lipinski definition) is 2. The van der Waals surface area contributed by atoms with Crippen LogP contribution < -0.4 is 15.8 Å². The summed E-state index contributed by atoms with van der Waals surface area (Å²) in [5.74, 6) is -1.40. The van der Waals surface area contributed by atoms with E-state index in [-0.39, 0.29) is 16.3 Å². The number of hydrogen-bond acceptors (Lipinski definition) is 4. The molecule has 23 heavy (non-hydrogen) atoms. The Kier molecular flexibility index (Phi) is 4.89. The summed E-state index contributed by atoms with van der Waals surface area (Å²) < 4.78 is 42.7. The summed E-state index contributed by atoms with van der Waals surface area (Å²) in [6.07, 6.45) is -4.49. The molecule has 5 nitrogen and oxygen atoms in total. The molecule has 1 heterocycles. The third kappa shape index (κ3) is 4.46. The lowest BCUT2D eigenvalue weighted by atomic mass is 10.2. The number of ether oxygens (including phenoxy) is 1. The van der Waals surface area contributed by atoms with Crippen molar-refractivity contribution in [3.63, 3.8) is 0 Å². The van der Waals surface area contributed by atoms with E-state index in [1.165, 1.54) is 18.2 Å². The number of alkyl halides is 3. The normalized spacial score (nSPS) is 11.1. The first kappa shape index (κ1) is 16.8. The highest BCUT2D eigenvalue weighted by Crippen LogP contribution is 2.31. The third-order valence-corrected chi connectivity index (χ3v) is 3.54. The van der Waals surface area contributed by atoms with Crippen LogP contribution in [0.25, 0.3) is 0 Å². The van der Waals surface area contributed by atoms with Gasteiger partial charge in [-0.15, -0.1) is 11.3 Å². The van der Waals surface area contributed by atoms with Gasteiger partial charge in [-0.3, -0.25) is 9.59 Å². The maximum absolute atomic E-state index is 12.6. The fraction of sp³-hybridized carbons (Fsp3) is 0.143. The molecule has 0 unspecified atom stereocenters. The number of anilines is 1. The van der Waals surface area contributed by atoms with Crippen LogP contribution in [0.15, 0.2) is 35.7 Å². The predicted octanol–water partition coefficient (Wildman–Crippen LogP) is 2.88. The molecule has 0 aliphatic carbocycles. The van der Waals surface area contributed by atoms with E-state index < -0.39 is 30.2 Å². The summed E-state index contributed by atoms with van der Waals surface area (Å²) in [4.78, 5) is 22.9. The highest BCUT2D eigenvalue weighted by atomic mass is 32.1. The topological polar surface area (TPSA) is 81.4 Å². The Morgan fingerprint density at radius 3 is 2.65 bits per heavy atom. The lowest BCUT2D eigenvalue weighted by Crippen LogP contribution is -2.22. The summed E-state index contributed by atoms with van der Waals surface area (Å²) >= 11 is 1.10. The van der Waals surface area contributed by atoms with Crippen LogP contribution in [0.5, 0.6) is 5.75 Å². The molecule has 2 rings (SSSR count). The second-order valence-electron chi connectivity index (χ2n) is 4.39. The Morgan fingerprint density at radius 1 is 1.26 bits per heavy atom. The molecule has 0 saturated heterocycles. The van der Waals surface area contributed by atoms with Gasteiger partial charge in [0.25, 0.3) is 11.8 Å². The maximum Gasteiger partial charge on any atom is 0.416 e. The summed E-state index contributed by atoms with van der Waals surface area (Å²) in [5.41, 5.74) is 4.42. The minimum absolute atomic E-state index is 0.0868. The van der Waals surface area contributed by atoms with Crippen molar-refractivity contribution in [1.29, 1.82) is 0 Å². The van der Waals surface area contributed by atoms with Crippen LogP contribution in [0.3, 0.4) is 0 Å². The first-order valence-electron chi connectivity index (χ1n) is 6.24. The predicted molar refractivity (Wildman–Crippen MR) is 78.4 cm³/mol. The van der Waals surface area contributed by atoms with E-state index in [4.69, 9.17) is 10.5 Å². The molecule has 9 heteroatoms. The average Bonchev–Trinajstić information content (AvgIpc) is 2.93. The first-order chi connectivity index (χ1) is 10.8. The molecule has 2 amide bonds. The summed E-state index contributed by atoms with van der Waals surface area (Å²) in [6, 6.07) is 5.64. The molecule has 1 aromatic carbocycles. The average molecular weight is 344 g/mol. The van der Waals surface area contributed by atoms with E-state index in [0.29, 0.717) is 0 Å². The van der Waals surface area contributed by atoms with E-state index >= 15 is 0 Å². The number of rotatable bonds is 5. The number of amides is 2. The fourth-order valence-corrected chi connectivity index (χ4v) is 2.48. The van der Waals surface area contributed by atoms with Gasteiger partial charge in [0.05, 0.1) is 11.1 Å². The number of carbonyl (C=O) groups is 2. The number of benzene rings is 1. The summed E-state index contributed by atoms with van der Waals surface area (Å²) in [5, 5.41) is 4.25. The summed E-state index contributed by atoms with van der Waals surface area (Å²) in [6.45, 7) is -0.503. The lowest BCUT2D eigenvalue weighted by molar-refractivity contribution is -0.137. The molecule has 0 bridgehead atoms. The number of nitrogens with two attached hydrogens (primary N) is 1. The quantitative estimate of drug-likeness (QED) is 0.875. The van der Waals surface area contributed by atoms with Crippen LogP contribution >= 0.6 is 11.3 Å². The lowest BCUT2D eigenvalue weighted by Gasteiger charge is -2.10. The molecule has 0 atom stereocenters. The number of halogens is 3. The van der Waals surface area contributed by atoms with Gasteiger partial charge in [-0.25, -0.2) is 0 Å². The monoisotopic (exact) mass is 344 g/mol. The van der Waals surface area contributed by atoms with Crippen LogP contribution in [0.4, 0.5) is 18.2 Å². The van der Waals surface area contributed by atoms with Crippen molar-refractivity contribution in [2.24, 2.45) is 5.73 Å². The number of nitrogens with one attached hydrogen (secondary N) is 1. The molecule has 0 aliphatic rings. The highest BCUT2D eigenvalue weighted by Gasteiger charge is 2.30. The Bertz CT molecular complexity index is 728. The van der Waals surface area contributed by atoms with E-state index in [0.717, 1.165) is 23.5 Å². The molecule has 0 saturated carbocycles. The second-order valence-corrected chi connectivity index (χ2v) is 5.31. The van der Waals surface area contributed by atoms with Crippen LogP contribution in [0, 0.1) is 0 Å². The smallest absolute Gasteiger partial charge is 0.416 e. The van der Waals surface area contributed by atoms with Crippen LogP contribution in [0.2, 0.25) is 0 Å². The molecular formula is C14H11F3N2O3S. The minimum atomic E-state index is -4.49. The molecule has 0 spiro atoms. The van der Waals surface area contributed by atoms with Gasteiger partial charge in [0, 0.05) is 0 Å². The zero-order valence-electron chi connectivity index (χ0n) is 11.5. The van der Waals surface area contributed by atoms with Gasteiger partial charge in [0.1, 0.15) is 10.8 Å². The third-order valence-electron chi connectivity index (χ3n) is 2.71. The number of thiophene rings is 1. The standard InChI is InChI=1S/C14H11F3N2O3S/c15-14(16,17)8-2-1-3-9(6-8)22-7-11(20)19-13-10(12(18)21)4-5-23-13/h1-6H,7H2,(H2,18,21)(H,19,20). The molecule has 0 aliphatic heterocycles. The van der Waals surface area contributed by atoms with Crippen molar-refractivity contribution < 1.29 is 27.5 Å². The zero-order chi connectivity index (χ0) is 17.0. The van der Waals surface area contributed by atoms with Crippen LogP contribution in [0.1, 0.15) is 15.9 Å². The molecule has 0 fully saturated rings. The number of carbonyl (C=O) groups excluding carboxylic acids is 2. The van der Waals surface area contributed by atoms with Crippen LogP contribution in [-0.2, 0) is 11.0 Å². The van der Waals surface area contributed by atoms with Crippen molar-refractivity contribution >= 4 is 28.2 Å². The molecule has 0 radical (unpaired) electrons. The number of primary amides is 1. The first-order valence-corrected chi connectivity index (χ1v) is 7.12. The summed E-state index contributed by atoms with van der Waals surface area (Å²) in [7, 11) is 0. The Morgan fingerprint density at radius 2 is 2.00 bits per heavy atom. The largest absolute Gasteiger partial charge is 0.484 e. The molecule has 122 valence electrons. The van der Waals surface area contributed by atoms with Crippen molar-refractivity contribution in [3.8, 4) is 5.75 Å². The van der Waals surface area contributed by atoms with Gasteiger partial charge in [0.2, 0.25) is 0 Å². The second kappa shape index (κ2) is 6.69.